The van der Waals surface area contributed by atoms with Gasteiger partial charge in [0, 0.05) is 33.1 Å². The van der Waals surface area contributed by atoms with Gasteiger partial charge in [0.1, 0.15) is 0 Å². The van der Waals surface area contributed by atoms with Crippen LogP contribution in [0.15, 0.2) is 12.1 Å². The monoisotopic (exact) mass is 262 g/mol. The molecule has 19 heavy (non-hydrogen) atoms. The van der Waals surface area contributed by atoms with E-state index >= 15 is 0 Å². The van der Waals surface area contributed by atoms with Crippen LogP contribution in [0.5, 0.6) is 0 Å². The van der Waals surface area contributed by atoms with E-state index in [1.807, 2.05) is 0 Å². The van der Waals surface area contributed by atoms with Gasteiger partial charge in [-0.3, -0.25) is 4.79 Å². The minimum atomic E-state index is 0.163. The van der Waals surface area contributed by atoms with Gasteiger partial charge in [0.05, 0.1) is 0 Å². The molecule has 0 fully saturated rings. The van der Waals surface area contributed by atoms with E-state index in [2.05, 4.69) is 45.1 Å². The molecule has 0 saturated carbocycles. The Bertz CT molecular complexity index is 452. The smallest absolute Gasteiger partial charge is 0.223 e. The van der Waals surface area contributed by atoms with Crippen LogP contribution in [0.25, 0.3) is 0 Å². The topological polar surface area (TPSA) is 32.3 Å². The third kappa shape index (κ3) is 4.35. The highest BCUT2D eigenvalue weighted by Crippen LogP contribution is 2.21. The number of hydrogen-bond acceptors (Lipinski definition) is 2. The summed E-state index contributed by atoms with van der Waals surface area (Å²) < 4.78 is 0. The first-order chi connectivity index (χ1) is 8.82. The first-order valence-electron chi connectivity index (χ1n) is 6.84. The van der Waals surface area contributed by atoms with Crippen LogP contribution in [-0.4, -0.2) is 31.4 Å². The molecule has 1 N–H and O–H groups in total. The number of nitrogens with zero attached hydrogens (tertiary/aromatic N) is 1. The SMILES string of the molecule is Cc1cc(C)c(C(C)NCCC(=O)N(C)C)cc1C. The normalized spacial score (nSPS) is 12.3. The van der Waals surface area contributed by atoms with Gasteiger partial charge in [-0.2, -0.15) is 0 Å². The summed E-state index contributed by atoms with van der Waals surface area (Å²) in [6.45, 7) is 9.28. The highest BCUT2D eigenvalue weighted by atomic mass is 16.2. The molecule has 1 aromatic carbocycles. The maximum atomic E-state index is 11.5. The fraction of sp³-hybridized carbons (Fsp3) is 0.562. The quantitative estimate of drug-likeness (QED) is 0.885. The Hall–Kier alpha value is -1.35. The number of carbonyl (C=O) groups is 1. The summed E-state index contributed by atoms with van der Waals surface area (Å²) in [5.41, 5.74) is 5.28. The molecule has 0 spiro atoms. The lowest BCUT2D eigenvalue weighted by Crippen LogP contribution is -2.28. The van der Waals surface area contributed by atoms with Gasteiger partial charge in [0.2, 0.25) is 5.91 Å². The first-order valence-corrected chi connectivity index (χ1v) is 6.84. The average molecular weight is 262 g/mol. The maximum absolute atomic E-state index is 11.5. The maximum Gasteiger partial charge on any atom is 0.223 e. The molecule has 0 aliphatic heterocycles. The molecule has 3 nitrogen and oxygen atoms in total. The van der Waals surface area contributed by atoms with Crippen LogP contribution in [0.4, 0.5) is 0 Å². The van der Waals surface area contributed by atoms with Crippen molar-refractivity contribution < 1.29 is 4.79 Å². The highest BCUT2D eigenvalue weighted by molar-refractivity contribution is 5.75. The molecule has 0 saturated heterocycles. The molecule has 1 atom stereocenters. The Morgan fingerprint density at radius 2 is 1.74 bits per heavy atom. The van der Waals surface area contributed by atoms with Crippen molar-refractivity contribution in [1.29, 1.82) is 0 Å². The summed E-state index contributed by atoms with van der Waals surface area (Å²) in [7, 11) is 3.58. The van der Waals surface area contributed by atoms with Crippen molar-refractivity contribution in [3.8, 4) is 0 Å². The standard InChI is InChI=1S/C16H26N2O/c1-11-9-13(3)15(10-12(11)2)14(4)17-8-7-16(19)18(5)6/h9-10,14,17H,7-8H2,1-6H3. The summed E-state index contributed by atoms with van der Waals surface area (Å²) in [6.07, 6.45) is 0.543. The van der Waals surface area contributed by atoms with Gasteiger partial charge < -0.3 is 10.2 Å². The summed E-state index contributed by atoms with van der Waals surface area (Å²) >= 11 is 0. The minimum Gasteiger partial charge on any atom is -0.349 e. The fourth-order valence-corrected chi connectivity index (χ4v) is 2.18. The van der Waals surface area contributed by atoms with Gasteiger partial charge >= 0.3 is 0 Å². The van der Waals surface area contributed by atoms with Crippen LogP contribution >= 0.6 is 0 Å². The Balaban J connectivity index is 2.61. The summed E-state index contributed by atoms with van der Waals surface area (Å²) in [5.74, 6) is 0.163. The Morgan fingerprint density at radius 1 is 1.16 bits per heavy atom. The fourth-order valence-electron chi connectivity index (χ4n) is 2.18. The summed E-state index contributed by atoms with van der Waals surface area (Å²) in [6, 6.07) is 4.75. The van der Waals surface area contributed by atoms with Crippen molar-refractivity contribution in [2.75, 3.05) is 20.6 Å². The molecule has 1 aromatic rings. The molecule has 106 valence electrons. The van der Waals surface area contributed by atoms with Gasteiger partial charge in [-0.05, 0) is 49.9 Å². The molecular formula is C16H26N2O. The largest absolute Gasteiger partial charge is 0.349 e. The second-order valence-electron chi connectivity index (χ2n) is 5.51. The van der Waals surface area contributed by atoms with Crippen LogP contribution < -0.4 is 5.32 Å². The molecule has 1 unspecified atom stereocenters. The molecule has 3 heteroatoms. The van der Waals surface area contributed by atoms with E-state index in [1.165, 1.54) is 22.3 Å². The van der Waals surface area contributed by atoms with E-state index in [9.17, 15) is 4.79 Å². The molecular weight excluding hydrogens is 236 g/mol. The van der Waals surface area contributed by atoms with Crippen molar-refractivity contribution in [2.45, 2.75) is 40.2 Å². The number of rotatable bonds is 5. The Labute approximate surface area is 117 Å². The van der Waals surface area contributed by atoms with Gasteiger partial charge in [-0.15, -0.1) is 0 Å². The predicted molar refractivity (Wildman–Crippen MR) is 80.4 cm³/mol. The number of amides is 1. The second-order valence-corrected chi connectivity index (χ2v) is 5.51. The lowest BCUT2D eigenvalue weighted by Gasteiger charge is -2.19. The van der Waals surface area contributed by atoms with E-state index in [1.54, 1.807) is 19.0 Å². The van der Waals surface area contributed by atoms with Crippen LogP contribution in [0.3, 0.4) is 0 Å². The van der Waals surface area contributed by atoms with E-state index in [4.69, 9.17) is 0 Å². The molecule has 1 amide bonds. The van der Waals surface area contributed by atoms with Crippen molar-refractivity contribution >= 4 is 5.91 Å². The lowest BCUT2D eigenvalue weighted by atomic mass is 9.96. The molecule has 0 aliphatic carbocycles. The molecule has 0 bridgehead atoms. The van der Waals surface area contributed by atoms with Crippen LogP contribution in [0.1, 0.15) is 41.6 Å². The van der Waals surface area contributed by atoms with Crippen molar-refractivity contribution in [3.63, 3.8) is 0 Å². The summed E-state index contributed by atoms with van der Waals surface area (Å²) in [4.78, 5) is 13.1. The molecule has 0 heterocycles. The zero-order valence-corrected chi connectivity index (χ0v) is 13.0. The number of aryl methyl sites for hydroxylation is 3. The minimum absolute atomic E-state index is 0.163. The van der Waals surface area contributed by atoms with Crippen molar-refractivity contribution in [1.82, 2.24) is 10.2 Å². The number of benzene rings is 1. The second kappa shape index (κ2) is 6.71. The molecule has 0 radical (unpaired) electrons. The van der Waals surface area contributed by atoms with E-state index in [0.717, 1.165) is 0 Å². The van der Waals surface area contributed by atoms with E-state index < -0.39 is 0 Å². The van der Waals surface area contributed by atoms with Crippen LogP contribution in [-0.2, 0) is 4.79 Å². The molecule has 0 aliphatic rings. The zero-order chi connectivity index (χ0) is 14.6. The van der Waals surface area contributed by atoms with Crippen molar-refractivity contribution in [3.05, 3.63) is 34.4 Å². The van der Waals surface area contributed by atoms with E-state index in [0.29, 0.717) is 13.0 Å². The summed E-state index contributed by atoms with van der Waals surface area (Å²) in [5, 5.41) is 3.42. The third-order valence-electron chi connectivity index (χ3n) is 3.64. The van der Waals surface area contributed by atoms with Crippen LogP contribution in [0.2, 0.25) is 0 Å². The third-order valence-corrected chi connectivity index (χ3v) is 3.64. The van der Waals surface area contributed by atoms with E-state index in [-0.39, 0.29) is 11.9 Å². The van der Waals surface area contributed by atoms with Gasteiger partial charge in [0.15, 0.2) is 0 Å². The molecule has 0 aromatic heterocycles. The number of hydrogen-bond donors (Lipinski definition) is 1. The highest BCUT2D eigenvalue weighted by Gasteiger charge is 2.10. The van der Waals surface area contributed by atoms with Crippen LogP contribution in [0, 0.1) is 20.8 Å². The molecule has 1 rings (SSSR count). The van der Waals surface area contributed by atoms with Gasteiger partial charge in [-0.25, -0.2) is 0 Å². The zero-order valence-electron chi connectivity index (χ0n) is 13.0. The van der Waals surface area contributed by atoms with Gasteiger partial charge in [0.25, 0.3) is 0 Å². The Morgan fingerprint density at radius 3 is 2.32 bits per heavy atom. The first kappa shape index (κ1) is 15.7. The lowest BCUT2D eigenvalue weighted by molar-refractivity contribution is -0.128. The Kier molecular flexibility index (Phi) is 5.55. The predicted octanol–water partition coefficient (Wildman–Crippen LogP) is 2.74. The average Bonchev–Trinajstić information content (AvgIpc) is 2.33. The van der Waals surface area contributed by atoms with Crippen molar-refractivity contribution in [2.24, 2.45) is 0 Å². The number of nitrogens with one attached hydrogen (secondary N) is 1. The van der Waals surface area contributed by atoms with Gasteiger partial charge in [-0.1, -0.05) is 12.1 Å². The number of carbonyl (C=O) groups excluding carboxylic acids is 1.